The number of hydrogen-bond donors (Lipinski definition) is 3. The minimum absolute atomic E-state index is 0.0872. The minimum Gasteiger partial charge on any atom is -0.481 e. The van der Waals surface area contributed by atoms with E-state index in [1.165, 1.54) is 6.07 Å². The number of amides is 2. The van der Waals surface area contributed by atoms with Gasteiger partial charge in [0.2, 0.25) is 0 Å². The molecule has 1 aliphatic rings. The van der Waals surface area contributed by atoms with E-state index >= 15 is 0 Å². The lowest BCUT2D eigenvalue weighted by Crippen LogP contribution is -2.44. The van der Waals surface area contributed by atoms with Crippen LogP contribution < -0.4 is 10.6 Å². The van der Waals surface area contributed by atoms with Crippen LogP contribution in [0.1, 0.15) is 44.2 Å². The highest BCUT2D eigenvalue weighted by Crippen LogP contribution is 2.24. The molecule has 1 saturated carbocycles. The highest BCUT2D eigenvalue weighted by molar-refractivity contribution is 5.75. The normalized spacial score (nSPS) is 22.2. The first-order valence-electron chi connectivity index (χ1n) is 7.61. The Hall–Kier alpha value is -2.18. The molecular formula is C16H20F2N2O3. The summed E-state index contributed by atoms with van der Waals surface area (Å²) in [6, 6.07) is 2.08. The van der Waals surface area contributed by atoms with Gasteiger partial charge in [0.05, 0.1) is 12.0 Å². The number of carboxylic acids is 1. The first-order chi connectivity index (χ1) is 10.9. The molecule has 0 saturated heterocycles. The van der Waals surface area contributed by atoms with Gasteiger partial charge in [0.1, 0.15) is 11.6 Å². The predicted octanol–water partition coefficient (Wildman–Crippen LogP) is 2.97. The molecule has 23 heavy (non-hydrogen) atoms. The van der Waals surface area contributed by atoms with Gasteiger partial charge in [-0.15, -0.1) is 0 Å². The number of aliphatic carboxylic acids is 1. The lowest BCUT2D eigenvalue weighted by molar-refractivity contribution is -0.142. The van der Waals surface area contributed by atoms with Crippen LogP contribution in [0.15, 0.2) is 18.2 Å². The van der Waals surface area contributed by atoms with Crippen LogP contribution in [0.2, 0.25) is 0 Å². The average molecular weight is 326 g/mol. The number of halogens is 2. The molecule has 0 radical (unpaired) electrons. The molecule has 0 aromatic heterocycles. The van der Waals surface area contributed by atoms with E-state index in [-0.39, 0.29) is 17.5 Å². The van der Waals surface area contributed by atoms with Crippen molar-refractivity contribution in [3.63, 3.8) is 0 Å². The molecule has 3 N–H and O–H groups in total. The van der Waals surface area contributed by atoms with Crippen molar-refractivity contribution in [3.05, 3.63) is 35.4 Å². The standard InChI is InChI=1S/C16H20F2N2O3/c1-9(13-7-4-11(17)8-14(13)18)19-16(23)20-12-5-2-10(3-6-12)15(21)22/h4,7-10,12H,2-3,5-6H2,1H3,(H,21,22)(H2,19,20,23). The van der Waals surface area contributed by atoms with Crippen LogP contribution >= 0.6 is 0 Å². The van der Waals surface area contributed by atoms with E-state index < -0.39 is 29.7 Å². The Kier molecular flexibility index (Phi) is 5.52. The van der Waals surface area contributed by atoms with Crippen molar-refractivity contribution in [2.75, 3.05) is 0 Å². The van der Waals surface area contributed by atoms with E-state index in [1.807, 2.05) is 0 Å². The van der Waals surface area contributed by atoms with Gasteiger partial charge in [-0.05, 0) is 38.7 Å². The van der Waals surface area contributed by atoms with Crippen molar-refractivity contribution < 1.29 is 23.5 Å². The molecule has 0 aliphatic heterocycles. The second kappa shape index (κ2) is 7.39. The minimum atomic E-state index is -0.798. The first-order valence-corrected chi connectivity index (χ1v) is 7.61. The largest absolute Gasteiger partial charge is 0.481 e. The summed E-state index contributed by atoms with van der Waals surface area (Å²) in [7, 11) is 0. The zero-order chi connectivity index (χ0) is 17.0. The zero-order valence-corrected chi connectivity index (χ0v) is 12.8. The average Bonchev–Trinajstić information content (AvgIpc) is 2.47. The molecule has 0 bridgehead atoms. The highest BCUT2D eigenvalue weighted by atomic mass is 19.1. The quantitative estimate of drug-likeness (QED) is 0.796. The predicted molar refractivity (Wildman–Crippen MR) is 79.8 cm³/mol. The molecule has 1 aliphatic carbocycles. The Morgan fingerprint density at radius 1 is 1.22 bits per heavy atom. The number of hydrogen-bond acceptors (Lipinski definition) is 2. The van der Waals surface area contributed by atoms with Crippen LogP contribution in [0.5, 0.6) is 0 Å². The van der Waals surface area contributed by atoms with E-state index in [2.05, 4.69) is 10.6 Å². The number of benzene rings is 1. The summed E-state index contributed by atoms with van der Waals surface area (Å²) in [5.74, 6) is -2.52. The van der Waals surface area contributed by atoms with Crippen molar-refractivity contribution in [2.24, 2.45) is 5.92 Å². The van der Waals surface area contributed by atoms with E-state index in [4.69, 9.17) is 5.11 Å². The lowest BCUT2D eigenvalue weighted by Gasteiger charge is -2.27. The fourth-order valence-electron chi connectivity index (χ4n) is 2.84. The van der Waals surface area contributed by atoms with Gasteiger partial charge in [0, 0.05) is 17.7 Å². The summed E-state index contributed by atoms with van der Waals surface area (Å²) in [5.41, 5.74) is 0.205. The molecule has 1 atom stereocenters. The van der Waals surface area contributed by atoms with Crippen LogP contribution in [0, 0.1) is 17.6 Å². The molecule has 126 valence electrons. The van der Waals surface area contributed by atoms with E-state index in [1.54, 1.807) is 6.92 Å². The summed E-state index contributed by atoms with van der Waals surface area (Å²) in [6.45, 7) is 1.61. The molecule has 0 heterocycles. The summed E-state index contributed by atoms with van der Waals surface area (Å²) < 4.78 is 26.6. The number of urea groups is 1. The van der Waals surface area contributed by atoms with Gasteiger partial charge in [-0.2, -0.15) is 0 Å². The molecule has 2 rings (SSSR count). The Bertz CT molecular complexity index is 587. The fraction of sp³-hybridized carbons (Fsp3) is 0.500. The van der Waals surface area contributed by atoms with Crippen molar-refractivity contribution in [1.82, 2.24) is 10.6 Å². The summed E-state index contributed by atoms with van der Waals surface area (Å²) in [5, 5.41) is 14.3. The smallest absolute Gasteiger partial charge is 0.315 e. The van der Waals surface area contributed by atoms with E-state index in [0.29, 0.717) is 25.7 Å². The summed E-state index contributed by atoms with van der Waals surface area (Å²) >= 11 is 0. The van der Waals surface area contributed by atoms with Crippen LogP contribution in [-0.2, 0) is 4.79 Å². The second-order valence-electron chi connectivity index (χ2n) is 5.89. The van der Waals surface area contributed by atoms with Crippen molar-refractivity contribution >= 4 is 12.0 Å². The maximum absolute atomic E-state index is 13.7. The molecule has 1 aromatic rings. The number of carbonyl (C=O) groups is 2. The fourth-order valence-corrected chi connectivity index (χ4v) is 2.84. The van der Waals surface area contributed by atoms with Crippen LogP contribution in [0.4, 0.5) is 13.6 Å². The van der Waals surface area contributed by atoms with Crippen LogP contribution in [0.25, 0.3) is 0 Å². The second-order valence-corrected chi connectivity index (χ2v) is 5.89. The molecule has 1 aromatic carbocycles. The van der Waals surface area contributed by atoms with E-state index in [9.17, 15) is 18.4 Å². The van der Waals surface area contributed by atoms with Gasteiger partial charge in [0.25, 0.3) is 0 Å². The van der Waals surface area contributed by atoms with Gasteiger partial charge in [0.15, 0.2) is 0 Å². The van der Waals surface area contributed by atoms with Crippen molar-refractivity contribution in [2.45, 2.75) is 44.7 Å². The van der Waals surface area contributed by atoms with Crippen molar-refractivity contribution in [1.29, 1.82) is 0 Å². The molecule has 2 amide bonds. The van der Waals surface area contributed by atoms with E-state index in [0.717, 1.165) is 12.1 Å². The Labute approximate surface area is 133 Å². The molecule has 5 nitrogen and oxygen atoms in total. The highest BCUT2D eigenvalue weighted by Gasteiger charge is 2.27. The topological polar surface area (TPSA) is 78.4 Å². The molecule has 0 spiro atoms. The van der Waals surface area contributed by atoms with Gasteiger partial charge in [-0.3, -0.25) is 4.79 Å². The molecular weight excluding hydrogens is 306 g/mol. The third-order valence-electron chi connectivity index (χ3n) is 4.19. The Morgan fingerprint density at radius 2 is 1.87 bits per heavy atom. The number of rotatable bonds is 4. The lowest BCUT2D eigenvalue weighted by atomic mass is 9.86. The third kappa shape index (κ3) is 4.64. The van der Waals surface area contributed by atoms with Crippen LogP contribution in [0.3, 0.4) is 0 Å². The Balaban J connectivity index is 1.84. The summed E-state index contributed by atoms with van der Waals surface area (Å²) in [6.07, 6.45) is 2.26. The molecule has 1 unspecified atom stereocenters. The zero-order valence-electron chi connectivity index (χ0n) is 12.8. The van der Waals surface area contributed by atoms with Crippen LogP contribution in [-0.4, -0.2) is 23.1 Å². The number of carboxylic acid groups (broad SMARTS) is 1. The summed E-state index contributed by atoms with van der Waals surface area (Å²) in [4.78, 5) is 22.8. The SMILES string of the molecule is CC(NC(=O)NC1CCC(C(=O)O)CC1)c1ccc(F)cc1F. The molecule has 1 fully saturated rings. The van der Waals surface area contributed by atoms with Gasteiger partial charge < -0.3 is 15.7 Å². The number of carbonyl (C=O) groups excluding carboxylic acids is 1. The maximum atomic E-state index is 13.7. The monoisotopic (exact) mass is 326 g/mol. The van der Waals surface area contributed by atoms with Gasteiger partial charge >= 0.3 is 12.0 Å². The third-order valence-corrected chi connectivity index (χ3v) is 4.19. The van der Waals surface area contributed by atoms with Gasteiger partial charge in [-0.1, -0.05) is 6.07 Å². The van der Waals surface area contributed by atoms with Gasteiger partial charge in [-0.25, -0.2) is 13.6 Å². The molecule has 7 heteroatoms. The number of nitrogens with one attached hydrogen (secondary N) is 2. The Morgan fingerprint density at radius 3 is 2.43 bits per heavy atom. The first kappa shape index (κ1) is 17.2. The van der Waals surface area contributed by atoms with Crippen molar-refractivity contribution in [3.8, 4) is 0 Å². The maximum Gasteiger partial charge on any atom is 0.315 e.